The molecule has 0 radical (unpaired) electrons. The SMILES string of the molecule is O=C(O)/C=C/c1cnc(Oc2ccc(F)c(Br)c2)nc1. The Hall–Kier alpha value is -2.28. The van der Waals surface area contributed by atoms with Crippen LogP contribution in [0.4, 0.5) is 4.39 Å². The van der Waals surface area contributed by atoms with Crippen LogP contribution >= 0.6 is 15.9 Å². The van der Waals surface area contributed by atoms with Crippen LogP contribution in [0.25, 0.3) is 6.08 Å². The number of carboxylic acid groups (broad SMARTS) is 1. The van der Waals surface area contributed by atoms with E-state index in [2.05, 4.69) is 25.9 Å². The van der Waals surface area contributed by atoms with E-state index in [0.29, 0.717) is 11.3 Å². The molecule has 0 saturated heterocycles. The maximum absolute atomic E-state index is 13.1. The molecule has 0 aliphatic carbocycles. The highest BCUT2D eigenvalue weighted by atomic mass is 79.9. The van der Waals surface area contributed by atoms with Gasteiger partial charge in [0.1, 0.15) is 11.6 Å². The van der Waals surface area contributed by atoms with Crippen LogP contribution in [-0.4, -0.2) is 21.0 Å². The zero-order valence-corrected chi connectivity index (χ0v) is 11.5. The number of halogens is 2. The molecule has 5 nitrogen and oxygen atoms in total. The predicted molar refractivity (Wildman–Crippen MR) is 72.9 cm³/mol. The fourth-order valence-corrected chi connectivity index (χ4v) is 1.64. The smallest absolute Gasteiger partial charge is 0.328 e. The molecule has 0 aliphatic heterocycles. The second-order valence-electron chi connectivity index (χ2n) is 3.65. The molecule has 20 heavy (non-hydrogen) atoms. The van der Waals surface area contributed by atoms with Crippen molar-refractivity contribution in [3.05, 3.63) is 52.5 Å². The molecule has 0 fully saturated rings. The van der Waals surface area contributed by atoms with Crippen molar-refractivity contribution in [3.63, 3.8) is 0 Å². The summed E-state index contributed by atoms with van der Waals surface area (Å²) in [6, 6.07) is 4.23. The molecule has 0 bridgehead atoms. The standard InChI is InChI=1S/C13H8BrFN2O3/c14-10-5-9(2-3-11(10)15)20-13-16-6-8(7-17-13)1-4-12(18)19/h1-7H,(H,18,19)/b4-1+. The van der Waals surface area contributed by atoms with Crippen molar-refractivity contribution >= 4 is 28.0 Å². The average Bonchev–Trinajstić information content (AvgIpc) is 2.42. The van der Waals surface area contributed by atoms with Crippen LogP contribution in [0.1, 0.15) is 5.56 Å². The summed E-state index contributed by atoms with van der Waals surface area (Å²) < 4.78 is 18.7. The van der Waals surface area contributed by atoms with Crippen LogP contribution in [0.2, 0.25) is 0 Å². The molecule has 102 valence electrons. The molecular weight excluding hydrogens is 331 g/mol. The largest absolute Gasteiger partial charge is 0.478 e. The average molecular weight is 339 g/mol. The number of rotatable bonds is 4. The predicted octanol–water partition coefficient (Wildman–Crippen LogP) is 3.27. The lowest BCUT2D eigenvalue weighted by atomic mass is 10.3. The first kappa shape index (κ1) is 14.1. The van der Waals surface area contributed by atoms with E-state index in [-0.39, 0.29) is 10.5 Å². The van der Waals surface area contributed by atoms with Crippen molar-refractivity contribution in [2.75, 3.05) is 0 Å². The summed E-state index contributed by atoms with van der Waals surface area (Å²) in [6.45, 7) is 0. The number of nitrogens with zero attached hydrogens (tertiary/aromatic N) is 2. The molecule has 7 heteroatoms. The van der Waals surface area contributed by atoms with Crippen molar-refractivity contribution in [1.82, 2.24) is 9.97 Å². The van der Waals surface area contributed by atoms with Crippen molar-refractivity contribution in [3.8, 4) is 11.8 Å². The third kappa shape index (κ3) is 3.86. The molecule has 0 amide bonds. The number of carbonyl (C=O) groups is 1. The van der Waals surface area contributed by atoms with Crippen LogP contribution < -0.4 is 4.74 Å². The van der Waals surface area contributed by atoms with E-state index in [1.54, 1.807) is 0 Å². The van der Waals surface area contributed by atoms with Crippen molar-refractivity contribution in [2.24, 2.45) is 0 Å². The van der Waals surface area contributed by atoms with Crippen LogP contribution in [0.3, 0.4) is 0 Å². The number of benzene rings is 1. The first-order chi connectivity index (χ1) is 9.54. The van der Waals surface area contributed by atoms with Gasteiger partial charge in [0.05, 0.1) is 4.47 Å². The maximum atomic E-state index is 13.1. The van der Waals surface area contributed by atoms with Gasteiger partial charge >= 0.3 is 12.0 Å². The molecular formula is C13H8BrFN2O3. The Morgan fingerprint density at radius 1 is 1.35 bits per heavy atom. The van der Waals surface area contributed by atoms with Crippen LogP contribution in [0.5, 0.6) is 11.8 Å². The zero-order valence-electron chi connectivity index (χ0n) is 9.96. The Labute approximate surface area is 121 Å². The van der Waals surface area contributed by atoms with Gasteiger partial charge in [-0.15, -0.1) is 0 Å². The van der Waals surface area contributed by atoms with Gasteiger partial charge in [-0.2, -0.15) is 0 Å². The monoisotopic (exact) mass is 338 g/mol. The van der Waals surface area contributed by atoms with Crippen molar-refractivity contribution < 1.29 is 19.0 Å². The second-order valence-corrected chi connectivity index (χ2v) is 4.50. The highest BCUT2D eigenvalue weighted by Crippen LogP contribution is 2.24. The third-order valence-electron chi connectivity index (χ3n) is 2.17. The molecule has 1 N–H and O–H groups in total. The molecule has 0 atom stereocenters. The van der Waals surface area contributed by atoms with E-state index in [1.165, 1.54) is 36.7 Å². The summed E-state index contributed by atoms with van der Waals surface area (Å²) in [5.41, 5.74) is 0.528. The van der Waals surface area contributed by atoms with Gasteiger partial charge in [-0.25, -0.2) is 19.2 Å². The fourth-order valence-electron chi connectivity index (χ4n) is 1.28. The van der Waals surface area contributed by atoms with Crippen LogP contribution in [0, 0.1) is 5.82 Å². The number of ether oxygens (including phenoxy) is 1. The lowest BCUT2D eigenvalue weighted by molar-refractivity contribution is -0.131. The number of hydrogen-bond donors (Lipinski definition) is 1. The Kier molecular flexibility index (Phi) is 4.41. The van der Waals surface area contributed by atoms with E-state index < -0.39 is 11.8 Å². The summed E-state index contributed by atoms with van der Waals surface area (Å²) in [5, 5.41) is 8.49. The molecule has 0 unspecified atom stereocenters. The van der Waals surface area contributed by atoms with Crippen LogP contribution in [0.15, 0.2) is 41.1 Å². The van der Waals surface area contributed by atoms with Gasteiger partial charge in [0.25, 0.3) is 0 Å². The van der Waals surface area contributed by atoms with Gasteiger partial charge in [-0.3, -0.25) is 0 Å². The number of aliphatic carboxylic acids is 1. The van der Waals surface area contributed by atoms with Gasteiger partial charge in [-0.05, 0) is 40.2 Å². The van der Waals surface area contributed by atoms with Gasteiger partial charge in [0, 0.05) is 24.0 Å². The van der Waals surface area contributed by atoms with E-state index in [1.807, 2.05) is 0 Å². The summed E-state index contributed by atoms with van der Waals surface area (Å²) in [6.07, 6.45) is 5.18. The molecule has 0 aliphatic rings. The summed E-state index contributed by atoms with van der Waals surface area (Å²) in [7, 11) is 0. The highest BCUT2D eigenvalue weighted by Gasteiger charge is 2.04. The summed E-state index contributed by atoms with van der Waals surface area (Å²) in [5.74, 6) is -1.07. The number of carboxylic acids is 1. The quantitative estimate of drug-likeness (QED) is 0.866. The van der Waals surface area contributed by atoms with Crippen molar-refractivity contribution in [1.29, 1.82) is 0 Å². The highest BCUT2D eigenvalue weighted by molar-refractivity contribution is 9.10. The normalized spacial score (nSPS) is 10.7. The Morgan fingerprint density at radius 2 is 2.05 bits per heavy atom. The number of aromatic nitrogens is 2. The number of hydrogen-bond acceptors (Lipinski definition) is 4. The Morgan fingerprint density at radius 3 is 2.65 bits per heavy atom. The van der Waals surface area contributed by atoms with E-state index in [9.17, 15) is 9.18 Å². The minimum atomic E-state index is -1.05. The molecule has 1 heterocycles. The minimum Gasteiger partial charge on any atom is -0.478 e. The molecule has 2 aromatic rings. The minimum absolute atomic E-state index is 0.0796. The van der Waals surface area contributed by atoms with E-state index in [4.69, 9.17) is 9.84 Å². The Bertz CT molecular complexity index is 659. The van der Waals surface area contributed by atoms with Gasteiger partial charge in [-0.1, -0.05) is 0 Å². The van der Waals surface area contributed by atoms with Gasteiger partial charge < -0.3 is 9.84 Å². The van der Waals surface area contributed by atoms with Crippen LogP contribution in [-0.2, 0) is 4.79 Å². The maximum Gasteiger partial charge on any atom is 0.328 e. The van der Waals surface area contributed by atoms with Crippen molar-refractivity contribution in [2.45, 2.75) is 0 Å². The molecule has 2 rings (SSSR count). The molecule has 1 aromatic heterocycles. The lowest BCUT2D eigenvalue weighted by Gasteiger charge is -2.04. The second kappa shape index (κ2) is 6.25. The molecule has 0 spiro atoms. The first-order valence-corrected chi connectivity index (χ1v) is 6.20. The fraction of sp³-hybridized carbons (Fsp3) is 0. The summed E-state index contributed by atoms with van der Waals surface area (Å²) >= 11 is 3.04. The first-order valence-electron chi connectivity index (χ1n) is 5.40. The third-order valence-corrected chi connectivity index (χ3v) is 2.77. The molecule has 0 saturated carbocycles. The zero-order chi connectivity index (χ0) is 14.5. The topological polar surface area (TPSA) is 72.3 Å². The van der Waals surface area contributed by atoms with E-state index >= 15 is 0 Å². The van der Waals surface area contributed by atoms with Gasteiger partial charge in [0.15, 0.2) is 0 Å². The Balaban J connectivity index is 2.10. The van der Waals surface area contributed by atoms with E-state index in [0.717, 1.165) is 6.08 Å². The lowest BCUT2D eigenvalue weighted by Crippen LogP contribution is -1.93. The summed E-state index contributed by atoms with van der Waals surface area (Å²) in [4.78, 5) is 18.2. The van der Waals surface area contributed by atoms with Gasteiger partial charge in [0.2, 0.25) is 0 Å². The molecule has 1 aromatic carbocycles.